The zero-order valence-corrected chi connectivity index (χ0v) is 16.2. The molecule has 1 aliphatic heterocycles. The van der Waals surface area contributed by atoms with Crippen molar-refractivity contribution in [2.45, 2.75) is 51.7 Å². The fourth-order valence-electron chi connectivity index (χ4n) is 4.14. The SMILES string of the molecule is CC[C@]1([C@H](CC(=O)NCCc2c[nH]c3ccccc23)OC)C[C@H](C)OC1=O. The highest BCUT2D eigenvalue weighted by atomic mass is 16.6. The average Bonchev–Trinajstić information content (AvgIpc) is 3.20. The number of hydrogen-bond donors (Lipinski definition) is 2. The molecule has 0 radical (unpaired) electrons. The molecule has 2 N–H and O–H groups in total. The van der Waals surface area contributed by atoms with Gasteiger partial charge in [0.15, 0.2) is 0 Å². The molecular weight excluding hydrogens is 344 g/mol. The Bertz CT molecular complexity index is 815. The van der Waals surface area contributed by atoms with Crippen LogP contribution in [0.5, 0.6) is 0 Å². The minimum absolute atomic E-state index is 0.109. The molecule has 2 aromatic rings. The number of carbonyl (C=O) groups excluding carboxylic acids is 2. The zero-order valence-electron chi connectivity index (χ0n) is 16.2. The maximum Gasteiger partial charge on any atom is 0.315 e. The Hall–Kier alpha value is -2.34. The maximum absolute atomic E-state index is 12.5. The van der Waals surface area contributed by atoms with Crippen LogP contribution in [0, 0.1) is 5.41 Å². The van der Waals surface area contributed by atoms with Crippen LogP contribution in [0.25, 0.3) is 10.9 Å². The van der Waals surface area contributed by atoms with E-state index in [1.54, 1.807) is 7.11 Å². The van der Waals surface area contributed by atoms with Crippen molar-refractivity contribution in [3.05, 3.63) is 36.0 Å². The number of benzene rings is 1. The van der Waals surface area contributed by atoms with Gasteiger partial charge in [-0.05, 0) is 31.4 Å². The molecule has 1 aromatic carbocycles. The smallest absolute Gasteiger partial charge is 0.315 e. The van der Waals surface area contributed by atoms with Gasteiger partial charge < -0.3 is 19.8 Å². The van der Waals surface area contributed by atoms with Crippen molar-refractivity contribution in [3.8, 4) is 0 Å². The predicted octanol–water partition coefficient (Wildman–Crippen LogP) is 2.96. The normalized spacial score (nSPS) is 23.4. The third-order valence-corrected chi connectivity index (χ3v) is 5.66. The molecule has 1 fully saturated rings. The second kappa shape index (κ2) is 8.13. The standard InChI is InChI=1S/C21H28N2O4/c1-4-21(12-14(2)27-20(21)25)18(26-3)11-19(24)22-10-9-15-13-23-17-8-6-5-7-16(15)17/h5-8,13-14,18,23H,4,9-12H2,1-3H3,(H,22,24)/t14-,18-,21+/m0/s1. The van der Waals surface area contributed by atoms with Gasteiger partial charge in [-0.2, -0.15) is 0 Å². The number of aromatic nitrogens is 1. The molecule has 3 rings (SSSR count). The van der Waals surface area contributed by atoms with E-state index in [1.165, 1.54) is 10.9 Å². The minimum Gasteiger partial charge on any atom is -0.462 e. The lowest BCUT2D eigenvalue weighted by Gasteiger charge is -2.31. The first-order chi connectivity index (χ1) is 13.0. The van der Waals surface area contributed by atoms with E-state index in [2.05, 4.69) is 16.4 Å². The largest absolute Gasteiger partial charge is 0.462 e. The molecule has 0 spiro atoms. The van der Waals surface area contributed by atoms with E-state index in [0.29, 0.717) is 19.4 Å². The van der Waals surface area contributed by atoms with Crippen LogP contribution < -0.4 is 5.32 Å². The number of hydrogen-bond acceptors (Lipinski definition) is 4. The highest BCUT2D eigenvalue weighted by Crippen LogP contribution is 2.42. The quantitative estimate of drug-likeness (QED) is 0.698. The van der Waals surface area contributed by atoms with Gasteiger partial charge in [0.05, 0.1) is 17.9 Å². The fraction of sp³-hybridized carbons (Fsp3) is 0.524. The van der Waals surface area contributed by atoms with Crippen LogP contribution in [0.3, 0.4) is 0 Å². The second-order valence-electron chi connectivity index (χ2n) is 7.32. The molecule has 2 heterocycles. The Kier molecular flexibility index (Phi) is 5.85. The zero-order chi connectivity index (χ0) is 19.4. The van der Waals surface area contributed by atoms with Gasteiger partial charge in [-0.1, -0.05) is 25.1 Å². The molecule has 1 aromatic heterocycles. The molecule has 27 heavy (non-hydrogen) atoms. The first-order valence-electron chi connectivity index (χ1n) is 9.55. The summed E-state index contributed by atoms with van der Waals surface area (Å²) in [6, 6.07) is 8.11. The number of esters is 1. The van der Waals surface area contributed by atoms with E-state index < -0.39 is 11.5 Å². The number of H-pyrrole nitrogens is 1. The van der Waals surface area contributed by atoms with Crippen molar-refractivity contribution in [3.63, 3.8) is 0 Å². The Morgan fingerprint density at radius 3 is 2.89 bits per heavy atom. The van der Waals surface area contributed by atoms with Gasteiger partial charge in [-0.3, -0.25) is 9.59 Å². The van der Waals surface area contributed by atoms with Crippen LogP contribution >= 0.6 is 0 Å². The first-order valence-corrected chi connectivity index (χ1v) is 9.55. The molecule has 0 aliphatic carbocycles. The number of aromatic amines is 1. The van der Waals surface area contributed by atoms with Gasteiger partial charge in [0.25, 0.3) is 0 Å². The van der Waals surface area contributed by atoms with Gasteiger partial charge >= 0.3 is 5.97 Å². The molecule has 1 amide bonds. The highest BCUT2D eigenvalue weighted by molar-refractivity contribution is 5.84. The molecule has 146 valence electrons. The Morgan fingerprint density at radius 1 is 1.44 bits per heavy atom. The topological polar surface area (TPSA) is 80.4 Å². The van der Waals surface area contributed by atoms with E-state index in [4.69, 9.17) is 9.47 Å². The summed E-state index contributed by atoms with van der Waals surface area (Å²) in [5.41, 5.74) is 1.53. The van der Waals surface area contributed by atoms with Crippen LogP contribution in [0.15, 0.2) is 30.5 Å². The van der Waals surface area contributed by atoms with E-state index in [-0.39, 0.29) is 24.4 Å². The number of fused-ring (bicyclic) bond motifs is 1. The van der Waals surface area contributed by atoms with Gasteiger partial charge in [0.2, 0.25) is 5.91 Å². The van der Waals surface area contributed by atoms with Crippen LogP contribution in [-0.2, 0) is 25.5 Å². The minimum atomic E-state index is -0.734. The molecule has 6 nitrogen and oxygen atoms in total. The summed E-state index contributed by atoms with van der Waals surface area (Å²) in [4.78, 5) is 28.1. The van der Waals surface area contributed by atoms with E-state index in [1.807, 2.05) is 38.2 Å². The van der Waals surface area contributed by atoms with Gasteiger partial charge in [0, 0.05) is 37.2 Å². The number of nitrogens with one attached hydrogen (secondary N) is 2. The lowest BCUT2D eigenvalue weighted by atomic mass is 9.75. The van der Waals surface area contributed by atoms with Crippen LogP contribution in [0.1, 0.15) is 38.7 Å². The molecular formula is C21H28N2O4. The number of cyclic esters (lactones) is 1. The molecule has 6 heteroatoms. The van der Waals surface area contributed by atoms with Crippen molar-refractivity contribution in [2.24, 2.45) is 5.41 Å². The van der Waals surface area contributed by atoms with Crippen molar-refractivity contribution >= 4 is 22.8 Å². The Balaban J connectivity index is 1.57. The molecule has 3 atom stereocenters. The summed E-state index contributed by atoms with van der Waals surface area (Å²) in [6.07, 6.45) is 3.44. The van der Waals surface area contributed by atoms with Crippen molar-refractivity contribution < 1.29 is 19.1 Å². The number of para-hydroxylation sites is 1. The summed E-state index contributed by atoms with van der Waals surface area (Å²) >= 11 is 0. The Morgan fingerprint density at radius 2 is 2.22 bits per heavy atom. The summed E-state index contributed by atoms with van der Waals surface area (Å²) in [5.74, 6) is -0.363. The predicted molar refractivity (Wildman–Crippen MR) is 103 cm³/mol. The van der Waals surface area contributed by atoms with Gasteiger partial charge in [0.1, 0.15) is 6.10 Å². The maximum atomic E-state index is 12.5. The highest BCUT2D eigenvalue weighted by Gasteiger charge is 2.52. The van der Waals surface area contributed by atoms with E-state index in [0.717, 1.165) is 11.9 Å². The third kappa shape index (κ3) is 3.86. The fourth-order valence-corrected chi connectivity index (χ4v) is 4.14. The van der Waals surface area contributed by atoms with E-state index in [9.17, 15) is 9.59 Å². The van der Waals surface area contributed by atoms with Crippen LogP contribution in [0.4, 0.5) is 0 Å². The number of carbonyl (C=O) groups is 2. The molecule has 1 aliphatic rings. The molecule has 0 unspecified atom stereocenters. The number of amides is 1. The summed E-state index contributed by atoms with van der Waals surface area (Å²) in [7, 11) is 1.55. The molecule has 0 bridgehead atoms. The number of methoxy groups -OCH3 is 1. The van der Waals surface area contributed by atoms with Gasteiger partial charge in [-0.25, -0.2) is 0 Å². The lowest BCUT2D eigenvalue weighted by molar-refractivity contribution is -0.156. The van der Waals surface area contributed by atoms with Crippen molar-refractivity contribution in [1.82, 2.24) is 10.3 Å². The monoisotopic (exact) mass is 372 g/mol. The third-order valence-electron chi connectivity index (χ3n) is 5.66. The summed E-state index contributed by atoms with van der Waals surface area (Å²) in [5, 5.41) is 4.13. The Labute approximate surface area is 159 Å². The molecule has 1 saturated heterocycles. The summed E-state index contributed by atoms with van der Waals surface area (Å²) < 4.78 is 10.9. The average molecular weight is 372 g/mol. The van der Waals surface area contributed by atoms with Crippen LogP contribution in [-0.4, -0.2) is 42.7 Å². The van der Waals surface area contributed by atoms with Crippen molar-refractivity contribution in [2.75, 3.05) is 13.7 Å². The lowest BCUT2D eigenvalue weighted by Crippen LogP contribution is -2.43. The van der Waals surface area contributed by atoms with Gasteiger partial charge in [-0.15, -0.1) is 0 Å². The second-order valence-corrected chi connectivity index (χ2v) is 7.32. The first kappa shape index (κ1) is 19.4. The number of rotatable bonds is 8. The number of ether oxygens (including phenoxy) is 2. The molecule has 0 saturated carbocycles. The van der Waals surface area contributed by atoms with Crippen molar-refractivity contribution in [1.29, 1.82) is 0 Å². The van der Waals surface area contributed by atoms with E-state index >= 15 is 0 Å². The van der Waals surface area contributed by atoms with Crippen LogP contribution in [0.2, 0.25) is 0 Å². The summed E-state index contributed by atoms with van der Waals surface area (Å²) in [6.45, 7) is 4.36.